The fourth-order valence-corrected chi connectivity index (χ4v) is 3.71. The quantitative estimate of drug-likeness (QED) is 0.528. The van der Waals surface area contributed by atoms with Crippen molar-refractivity contribution in [3.05, 3.63) is 71.0 Å². The summed E-state index contributed by atoms with van der Waals surface area (Å²) in [5.41, 5.74) is 2.81. The molecular weight excluding hydrogens is 440 g/mol. The SMILES string of the molecule is Cc1ccccc1-n1ccnc1SCC(=O)NCC(=O)Nc1ccccc1Br. The molecule has 0 fully saturated rings. The molecule has 1 aromatic heterocycles. The van der Waals surface area contributed by atoms with Crippen LogP contribution in [0.15, 0.2) is 70.6 Å². The second-order valence-electron chi connectivity index (χ2n) is 5.96. The van der Waals surface area contributed by atoms with Gasteiger partial charge in [-0.25, -0.2) is 4.98 Å². The summed E-state index contributed by atoms with van der Waals surface area (Å²) in [6.45, 7) is 1.94. The second kappa shape index (κ2) is 9.57. The van der Waals surface area contributed by atoms with Crippen molar-refractivity contribution in [2.24, 2.45) is 0 Å². The Bertz CT molecular complexity index is 990. The van der Waals surface area contributed by atoms with Crippen molar-refractivity contribution in [1.82, 2.24) is 14.9 Å². The number of carbonyl (C=O) groups is 2. The second-order valence-corrected chi connectivity index (χ2v) is 7.76. The predicted octanol–water partition coefficient (Wildman–Crippen LogP) is 3.79. The van der Waals surface area contributed by atoms with Gasteiger partial charge in [-0.05, 0) is 46.6 Å². The number of hydrogen-bond donors (Lipinski definition) is 2. The van der Waals surface area contributed by atoms with Crippen molar-refractivity contribution in [3.8, 4) is 5.69 Å². The van der Waals surface area contributed by atoms with Gasteiger partial charge < -0.3 is 10.6 Å². The van der Waals surface area contributed by atoms with Crippen LogP contribution in [0.5, 0.6) is 0 Å². The highest BCUT2D eigenvalue weighted by atomic mass is 79.9. The fraction of sp³-hybridized carbons (Fsp3) is 0.150. The van der Waals surface area contributed by atoms with Gasteiger partial charge in [0.2, 0.25) is 11.8 Å². The molecule has 0 spiro atoms. The molecular formula is C20H19BrN4O2S. The highest BCUT2D eigenvalue weighted by molar-refractivity contribution is 9.10. The van der Waals surface area contributed by atoms with Crippen LogP contribution in [0.2, 0.25) is 0 Å². The molecule has 0 radical (unpaired) electrons. The van der Waals surface area contributed by atoms with E-state index in [1.165, 1.54) is 11.8 Å². The third-order valence-electron chi connectivity index (χ3n) is 3.91. The van der Waals surface area contributed by atoms with E-state index in [4.69, 9.17) is 0 Å². The number of thioether (sulfide) groups is 1. The van der Waals surface area contributed by atoms with Gasteiger partial charge in [-0.2, -0.15) is 0 Å². The summed E-state index contributed by atoms with van der Waals surface area (Å²) in [5, 5.41) is 6.10. The van der Waals surface area contributed by atoms with Crippen molar-refractivity contribution < 1.29 is 9.59 Å². The lowest BCUT2D eigenvalue weighted by molar-refractivity contribution is -0.122. The Hall–Kier alpha value is -2.58. The molecule has 0 aliphatic rings. The van der Waals surface area contributed by atoms with Crippen LogP contribution in [0.4, 0.5) is 5.69 Å². The maximum atomic E-state index is 12.1. The van der Waals surface area contributed by atoms with Gasteiger partial charge in [0.05, 0.1) is 23.7 Å². The number of carbonyl (C=O) groups excluding carboxylic acids is 2. The van der Waals surface area contributed by atoms with Gasteiger partial charge in [-0.1, -0.05) is 42.1 Å². The molecule has 6 nitrogen and oxygen atoms in total. The van der Waals surface area contributed by atoms with E-state index in [1.807, 2.05) is 60.2 Å². The topological polar surface area (TPSA) is 76.0 Å². The normalized spacial score (nSPS) is 10.5. The Morgan fingerprint density at radius 3 is 2.64 bits per heavy atom. The Morgan fingerprint density at radius 1 is 1.11 bits per heavy atom. The number of amides is 2. The van der Waals surface area contributed by atoms with Crippen molar-refractivity contribution >= 4 is 45.2 Å². The van der Waals surface area contributed by atoms with Crippen LogP contribution in [-0.2, 0) is 9.59 Å². The molecule has 8 heteroatoms. The molecule has 0 aliphatic carbocycles. The van der Waals surface area contributed by atoms with Crippen molar-refractivity contribution in [2.75, 3.05) is 17.6 Å². The van der Waals surface area contributed by atoms with E-state index in [0.717, 1.165) is 20.9 Å². The number of nitrogens with one attached hydrogen (secondary N) is 2. The van der Waals surface area contributed by atoms with Gasteiger partial charge in [-0.15, -0.1) is 0 Å². The maximum Gasteiger partial charge on any atom is 0.243 e. The zero-order valence-corrected chi connectivity index (χ0v) is 17.6. The first-order chi connectivity index (χ1) is 13.5. The van der Waals surface area contributed by atoms with Gasteiger partial charge in [0.1, 0.15) is 0 Å². The molecule has 1 heterocycles. The Morgan fingerprint density at radius 2 is 1.86 bits per heavy atom. The number of aromatic nitrogens is 2. The number of benzene rings is 2. The van der Waals surface area contributed by atoms with Gasteiger partial charge >= 0.3 is 0 Å². The number of rotatable bonds is 7. The number of imidazole rings is 1. The molecule has 0 unspecified atom stereocenters. The highest BCUT2D eigenvalue weighted by Crippen LogP contribution is 2.22. The van der Waals surface area contributed by atoms with Crippen LogP contribution >= 0.6 is 27.7 Å². The maximum absolute atomic E-state index is 12.1. The molecule has 2 amide bonds. The Labute approximate surface area is 175 Å². The third-order valence-corrected chi connectivity index (χ3v) is 5.57. The molecule has 0 bridgehead atoms. The van der Waals surface area contributed by atoms with E-state index in [1.54, 1.807) is 12.3 Å². The first kappa shape index (κ1) is 20.2. The van der Waals surface area contributed by atoms with E-state index in [9.17, 15) is 9.59 Å². The minimum absolute atomic E-state index is 0.0903. The number of hydrogen-bond acceptors (Lipinski definition) is 4. The number of para-hydroxylation sites is 2. The summed E-state index contributed by atoms with van der Waals surface area (Å²) in [7, 11) is 0. The number of anilines is 1. The summed E-state index contributed by atoms with van der Waals surface area (Å²) in [6, 6.07) is 15.3. The van der Waals surface area contributed by atoms with Crippen LogP contribution in [0, 0.1) is 6.92 Å². The van der Waals surface area contributed by atoms with Gasteiger partial charge in [0.25, 0.3) is 0 Å². The van der Waals surface area contributed by atoms with Crippen LogP contribution in [0.3, 0.4) is 0 Å². The first-order valence-electron chi connectivity index (χ1n) is 8.58. The Kier molecular flexibility index (Phi) is 6.89. The van der Waals surface area contributed by atoms with Crippen LogP contribution < -0.4 is 10.6 Å². The molecule has 3 rings (SSSR count). The van der Waals surface area contributed by atoms with E-state index in [0.29, 0.717) is 5.69 Å². The molecule has 0 saturated heterocycles. The summed E-state index contributed by atoms with van der Waals surface area (Å²) in [4.78, 5) is 28.5. The number of aryl methyl sites for hydroxylation is 1. The first-order valence-corrected chi connectivity index (χ1v) is 10.4. The van der Waals surface area contributed by atoms with E-state index in [-0.39, 0.29) is 24.1 Å². The van der Waals surface area contributed by atoms with Gasteiger partial charge in [0, 0.05) is 16.9 Å². The highest BCUT2D eigenvalue weighted by Gasteiger charge is 2.12. The molecule has 28 heavy (non-hydrogen) atoms. The lowest BCUT2D eigenvalue weighted by Crippen LogP contribution is -2.34. The molecule has 2 aromatic carbocycles. The van der Waals surface area contributed by atoms with Crippen LogP contribution in [0.25, 0.3) is 5.69 Å². The van der Waals surface area contributed by atoms with Crippen LogP contribution in [0.1, 0.15) is 5.56 Å². The zero-order chi connectivity index (χ0) is 19.9. The lowest BCUT2D eigenvalue weighted by atomic mass is 10.2. The van der Waals surface area contributed by atoms with Crippen molar-refractivity contribution in [3.63, 3.8) is 0 Å². The van der Waals surface area contributed by atoms with E-state index < -0.39 is 0 Å². The summed E-state index contributed by atoms with van der Waals surface area (Å²) in [5.74, 6) is -0.344. The van der Waals surface area contributed by atoms with Gasteiger partial charge in [0.15, 0.2) is 5.16 Å². The van der Waals surface area contributed by atoms with Crippen molar-refractivity contribution in [1.29, 1.82) is 0 Å². The minimum Gasteiger partial charge on any atom is -0.346 e. The minimum atomic E-state index is -0.285. The average molecular weight is 459 g/mol. The summed E-state index contributed by atoms with van der Waals surface area (Å²) >= 11 is 4.69. The number of nitrogens with zero attached hydrogens (tertiary/aromatic N) is 2. The standard InChI is InChI=1S/C20H19BrN4O2S/c1-14-6-2-5-9-17(14)25-11-10-22-20(25)28-13-19(27)23-12-18(26)24-16-8-4-3-7-15(16)21/h2-11H,12-13H2,1H3,(H,23,27)(H,24,26). The average Bonchev–Trinajstić information content (AvgIpc) is 3.15. The van der Waals surface area contributed by atoms with E-state index in [2.05, 4.69) is 31.5 Å². The zero-order valence-electron chi connectivity index (χ0n) is 15.2. The van der Waals surface area contributed by atoms with Gasteiger partial charge in [-0.3, -0.25) is 14.2 Å². The summed E-state index contributed by atoms with van der Waals surface area (Å²) in [6.07, 6.45) is 3.57. The number of halogens is 1. The molecule has 144 valence electrons. The molecule has 2 N–H and O–H groups in total. The lowest BCUT2D eigenvalue weighted by Gasteiger charge is -2.10. The molecule has 0 aliphatic heterocycles. The molecule has 0 saturated carbocycles. The molecule has 3 aromatic rings. The van der Waals surface area contributed by atoms with Crippen molar-refractivity contribution in [2.45, 2.75) is 12.1 Å². The Balaban J connectivity index is 1.50. The predicted molar refractivity (Wildman–Crippen MR) is 115 cm³/mol. The summed E-state index contributed by atoms with van der Waals surface area (Å²) < 4.78 is 2.74. The molecule has 0 atom stereocenters. The monoisotopic (exact) mass is 458 g/mol. The third kappa shape index (κ3) is 5.24. The largest absolute Gasteiger partial charge is 0.346 e. The van der Waals surface area contributed by atoms with Crippen LogP contribution in [-0.4, -0.2) is 33.7 Å². The van der Waals surface area contributed by atoms with E-state index >= 15 is 0 Å². The smallest absolute Gasteiger partial charge is 0.243 e. The fourth-order valence-electron chi connectivity index (χ4n) is 2.53.